The number of urea groups is 1. The van der Waals surface area contributed by atoms with E-state index in [4.69, 9.17) is 4.74 Å². The predicted octanol–water partition coefficient (Wildman–Crippen LogP) is 5.33. The number of hydrogen-bond donors (Lipinski definition) is 2. The number of aryl methyl sites for hydroxylation is 3. The molecule has 0 unspecified atom stereocenters. The summed E-state index contributed by atoms with van der Waals surface area (Å²) in [6.45, 7) is 7.73. The van der Waals surface area contributed by atoms with Crippen molar-refractivity contribution in [2.45, 2.75) is 27.7 Å². The summed E-state index contributed by atoms with van der Waals surface area (Å²) in [4.78, 5) is 25.4. The smallest absolute Gasteiger partial charge is 0.323 e. The Hall–Kier alpha value is -4.20. The lowest BCUT2D eigenvalue weighted by molar-refractivity contribution is 0.262. The van der Waals surface area contributed by atoms with Gasteiger partial charge in [0.25, 0.3) is 0 Å². The molecular formula is C24H24N6O2. The van der Waals surface area contributed by atoms with Gasteiger partial charge in [0.2, 0.25) is 5.88 Å². The van der Waals surface area contributed by atoms with E-state index in [1.54, 1.807) is 36.7 Å². The summed E-state index contributed by atoms with van der Waals surface area (Å²) in [6.07, 6.45) is 1.73. The molecule has 2 amide bonds. The molecule has 0 radical (unpaired) electrons. The van der Waals surface area contributed by atoms with Crippen LogP contribution in [0.15, 0.2) is 60.9 Å². The fourth-order valence-corrected chi connectivity index (χ4v) is 3.17. The van der Waals surface area contributed by atoms with Crippen molar-refractivity contribution in [3.05, 3.63) is 83.7 Å². The number of nitrogens with zero attached hydrogens (tertiary/aromatic N) is 4. The molecule has 2 N–H and O–H groups in total. The maximum atomic E-state index is 12.2. The monoisotopic (exact) mass is 428 g/mol. The molecule has 2 aromatic heterocycles. The number of nitrogens with one attached hydrogen (secondary N) is 2. The second-order valence-corrected chi connectivity index (χ2v) is 7.47. The number of carbonyl (C=O) groups excluding carboxylic acids is 1. The van der Waals surface area contributed by atoms with Gasteiger partial charge in [-0.3, -0.25) is 4.57 Å². The van der Waals surface area contributed by atoms with Crippen molar-refractivity contribution in [1.82, 2.24) is 19.5 Å². The van der Waals surface area contributed by atoms with Gasteiger partial charge >= 0.3 is 6.03 Å². The van der Waals surface area contributed by atoms with Gasteiger partial charge in [-0.05, 0) is 69.7 Å². The highest BCUT2D eigenvalue weighted by Crippen LogP contribution is 2.24. The molecule has 0 saturated heterocycles. The number of rotatable bonds is 5. The molecule has 32 heavy (non-hydrogen) atoms. The fraction of sp³-hybridized carbons (Fsp3) is 0.167. The van der Waals surface area contributed by atoms with Crippen LogP contribution in [0, 0.1) is 27.7 Å². The molecule has 8 nitrogen and oxygen atoms in total. The molecule has 0 saturated carbocycles. The lowest BCUT2D eigenvalue weighted by Crippen LogP contribution is -2.19. The van der Waals surface area contributed by atoms with Gasteiger partial charge in [0, 0.05) is 23.1 Å². The first kappa shape index (κ1) is 21.0. The Morgan fingerprint density at radius 3 is 2.34 bits per heavy atom. The summed E-state index contributed by atoms with van der Waals surface area (Å²) in [5.41, 5.74) is 4.41. The zero-order valence-corrected chi connectivity index (χ0v) is 18.4. The minimum Gasteiger partial charge on any atom is -0.439 e. The second kappa shape index (κ2) is 8.89. The fourth-order valence-electron chi connectivity index (χ4n) is 3.17. The summed E-state index contributed by atoms with van der Waals surface area (Å²) in [5.74, 6) is 2.31. The molecule has 8 heteroatoms. The molecule has 4 rings (SSSR count). The van der Waals surface area contributed by atoms with Crippen LogP contribution in [-0.4, -0.2) is 25.6 Å². The molecule has 2 heterocycles. The van der Waals surface area contributed by atoms with Crippen LogP contribution in [0.5, 0.6) is 11.6 Å². The molecule has 0 aliphatic heterocycles. The molecule has 0 atom stereocenters. The zero-order chi connectivity index (χ0) is 22.7. The van der Waals surface area contributed by atoms with E-state index in [1.807, 2.05) is 56.5 Å². The van der Waals surface area contributed by atoms with E-state index >= 15 is 0 Å². The van der Waals surface area contributed by atoms with Crippen molar-refractivity contribution in [3.8, 4) is 17.4 Å². The highest BCUT2D eigenvalue weighted by Gasteiger charge is 2.10. The van der Waals surface area contributed by atoms with E-state index < -0.39 is 0 Å². The van der Waals surface area contributed by atoms with Crippen molar-refractivity contribution >= 4 is 17.4 Å². The molecule has 0 fully saturated rings. The standard InChI is InChI=1S/C24H24N6O2/c1-15-6-5-7-20(12-15)29-24(31)28-19-8-10-21(11-9-19)32-23-13-22(26-18(4)27-23)30-14-25-16(2)17(30)3/h5-14H,1-4H3,(H2,28,29,31). The van der Waals surface area contributed by atoms with E-state index in [0.29, 0.717) is 29.0 Å². The first-order valence-corrected chi connectivity index (χ1v) is 10.2. The number of hydrogen-bond acceptors (Lipinski definition) is 5. The number of benzene rings is 2. The first-order chi connectivity index (χ1) is 15.4. The number of carbonyl (C=O) groups is 1. The predicted molar refractivity (Wildman–Crippen MR) is 124 cm³/mol. The minimum absolute atomic E-state index is 0.314. The summed E-state index contributed by atoms with van der Waals surface area (Å²) in [7, 11) is 0. The van der Waals surface area contributed by atoms with Crippen molar-refractivity contribution in [2.75, 3.05) is 10.6 Å². The summed E-state index contributed by atoms with van der Waals surface area (Å²) in [5, 5.41) is 5.62. The quantitative estimate of drug-likeness (QED) is 0.448. The van der Waals surface area contributed by atoms with Gasteiger partial charge in [0.05, 0.1) is 5.69 Å². The van der Waals surface area contributed by atoms with Crippen LogP contribution in [0.3, 0.4) is 0 Å². The summed E-state index contributed by atoms with van der Waals surface area (Å²) >= 11 is 0. The van der Waals surface area contributed by atoms with E-state index in [2.05, 4.69) is 25.6 Å². The second-order valence-electron chi connectivity index (χ2n) is 7.47. The van der Waals surface area contributed by atoms with Crippen LogP contribution in [-0.2, 0) is 0 Å². The van der Waals surface area contributed by atoms with Gasteiger partial charge in [-0.2, -0.15) is 4.98 Å². The van der Waals surface area contributed by atoms with E-state index in [0.717, 1.165) is 22.6 Å². The van der Waals surface area contributed by atoms with Gasteiger partial charge in [-0.1, -0.05) is 12.1 Å². The molecule has 2 aromatic carbocycles. The summed E-state index contributed by atoms with van der Waals surface area (Å²) < 4.78 is 7.82. The van der Waals surface area contributed by atoms with Gasteiger partial charge in [-0.25, -0.2) is 14.8 Å². The molecule has 0 aliphatic carbocycles. The molecule has 0 aliphatic rings. The Balaban J connectivity index is 1.43. The van der Waals surface area contributed by atoms with E-state index in [9.17, 15) is 4.79 Å². The third-order valence-electron chi connectivity index (χ3n) is 4.91. The van der Waals surface area contributed by atoms with Gasteiger partial charge in [0.1, 0.15) is 23.7 Å². The van der Waals surface area contributed by atoms with Gasteiger partial charge in [-0.15, -0.1) is 0 Å². The van der Waals surface area contributed by atoms with Crippen LogP contribution < -0.4 is 15.4 Å². The maximum absolute atomic E-state index is 12.2. The molecule has 4 aromatic rings. The van der Waals surface area contributed by atoms with Crippen LogP contribution in [0.25, 0.3) is 5.82 Å². The topological polar surface area (TPSA) is 94.0 Å². The van der Waals surface area contributed by atoms with Crippen LogP contribution in [0.4, 0.5) is 16.2 Å². The minimum atomic E-state index is -0.314. The van der Waals surface area contributed by atoms with Gasteiger partial charge < -0.3 is 15.4 Å². The average molecular weight is 428 g/mol. The van der Waals surface area contributed by atoms with Crippen LogP contribution >= 0.6 is 0 Å². The van der Waals surface area contributed by atoms with Crippen LogP contribution in [0.1, 0.15) is 22.8 Å². The third-order valence-corrected chi connectivity index (χ3v) is 4.91. The van der Waals surface area contributed by atoms with Crippen molar-refractivity contribution in [1.29, 1.82) is 0 Å². The SMILES string of the molecule is Cc1cccc(NC(=O)Nc2ccc(Oc3cc(-n4cnc(C)c4C)nc(C)n3)cc2)c1. The van der Waals surface area contributed by atoms with Crippen LogP contribution in [0.2, 0.25) is 0 Å². The number of imidazole rings is 1. The number of anilines is 2. The number of ether oxygens (including phenoxy) is 1. The Morgan fingerprint density at radius 1 is 0.906 bits per heavy atom. The Morgan fingerprint density at radius 2 is 1.66 bits per heavy atom. The molecule has 0 bridgehead atoms. The van der Waals surface area contributed by atoms with Gasteiger partial charge in [0.15, 0.2) is 0 Å². The first-order valence-electron chi connectivity index (χ1n) is 10.2. The van der Waals surface area contributed by atoms with Crippen molar-refractivity contribution in [2.24, 2.45) is 0 Å². The Kier molecular flexibility index (Phi) is 5.85. The normalized spacial score (nSPS) is 10.6. The van der Waals surface area contributed by atoms with E-state index in [1.165, 1.54) is 0 Å². The van der Waals surface area contributed by atoms with Crippen molar-refractivity contribution < 1.29 is 9.53 Å². The highest BCUT2D eigenvalue weighted by atomic mass is 16.5. The van der Waals surface area contributed by atoms with E-state index in [-0.39, 0.29) is 6.03 Å². The molecular weight excluding hydrogens is 404 g/mol. The highest BCUT2D eigenvalue weighted by molar-refractivity contribution is 5.99. The number of amides is 2. The van der Waals surface area contributed by atoms with Crippen molar-refractivity contribution in [3.63, 3.8) is 0 Å². The molecule has 0 spiro atoms. The lowest BCUT2D eigenvalue weighted by atomic mass is 10.2. The third kappa shape index (κ3) is 4.92. The zero-order valence-electron chi connectivity index (χ0n) is 18.4. The molecule has 162 valence electrons. The lowest BCUT2D eigenvalue weighted by Gasteiger charge is -2.11. The maximum Gasteiger partial charge on any atom is 0.323 e. The Bertz CT molecular complexity index is 1260. The largest absolute Gasteiger partial charge is 0.439 e. The number of aromatic nitrogens is 4. The Labute approximate surface area is 186 Å². The summed E-state index contributed by atoms with van der Waals surface area (Å²) in [6, 6.07) is 16.1. The average Bonchev–Trinajstić information content (AvgIpc) is 3.07.